The first-order valence-electron chi connectivity index (χ1n) is 8.17. The molecular formula is C16H30N2O3. The number of hydrogen-bond donors (Lipinski definition) is 1. The van der Waals surface area contributed by atoms with Gasteiger partial charge in [-0.25, -0.2) is 4.79 Å². The molecule has 0 aliphatic carbocycles. The number of aliphatic carboxylic acids is 1. The van der Waals surface area contributed by atoms with Crippen LogP contribution in [0.5, 0.6) is 0 Å². The molecule has 122 valence electrons. The third kappa shape index (κ3) is 4.11. The fourth-order valence-electron chi connectivity index (χ4n) is 3.26. The van der Waals surface area contributed by atoms with Gasteiger partial charge in [0.05, 0.1) is 5.41 Å². The molecule has 0 bridgehead atoms. The van der Waals surface area contributed by atoms with E-state index in [0.717, 1.165) is 25.8 Å². The van der Waals surface area contributed by atoms with Crippen molar-refractivity contribution in [2.24, 2.45) is 5.41 Å². The molecule has 2 amide bonds. The molecule has 1 unspecified atom stereocenters. The summed E-state index contributed by atoms with van der Waals surface area (Å²) < 4.78 is 0. The molecular weight excluding hydrogens is 268 g/mol. The molecule has 1 N–H and O–H groups in total. The van der Waals surface area contributed by atoms with E-state index in [0.29, 0.717) is 25.9 Å². The third-order valence-corrected chi connectivity index (χ3v) is 4.36. The molecule has 5 heteroatoms. The highest BCUT2D eigenvalue weighted by Gasteiger charge is 2.43. The van der Waals surface area contributed by atoms with Crippen LogP contribution in [0, 0.1) is 5.41 Å². The molecule has 5 nitrogen and oxygen atoms in total. The van der Waals surface area contributed by atoms with Crippen LogP contribution in [0.3, 0.4) is 0 Å². The van der Waals surface area contributed by atoms with Crippen molar-refractivity contribution < 1.29 is 14.7 Å². The minimum absolute atomic E-state index is 0.00622. The number of nitrogens with zero attached hydrogens (tertiary/aromatic N) is 2. The van der Waals surface area contributed by atoms with Crippen LogP contribution in [-0.4, -0.2) is 52.6 Å². The number of piperidine rings is 1. The summed E-state index contributed by atoms with van der Waals surface area (Å²) in [5.41, 5.74) is -0.752. The average molecular weight is 298 g/mol. The van der Waals surface area contributed by atoms with Gasteiger partial charge in [0.1, 0.15) is 0 Å². The Morgan fingerprint density at radius 3 is 2.43 bits per heavy atom. The van der Waals surface area contributed by atoms with Crippen LogP contribution in [0.4, 0.5) is 4.79 Å². The number of carboxylic acid groups (broad SMARTS) is 1. The lowest BCUT2D eigenvalue weighted by molar-refractivity contribution is -0.152. The highest BCUT2D eigenvalue weighted by molar-refractivity contribution is 5.79. The summed E-state index contributed by atoms with van der Waals surface area (Å²) in [4.78, 5) is 28.0. The SMILES string of the molecule is CCCN(C(=O)N1CCCC(CCC)(C(=O)O)C1)C(C)C. The Bertz CT molecular complexity index is 367. The molecule has 0 aromatic rings. The highest BCUT2D eigenvalue weighted by Crippen LogP contribution is 2.35. The number of urea groups is 1. The predicted octanol–water partition coefficient (Wildman–Crippen LogP) is 3.19. The van der Waals surface area contributed by atoms with E-state index >= 15 is 0 Å². The molecule has 1 fully saturated rings. The standard InChI is InChI=1S/C16H30N2O3/c1-5-8-16(14(19)20)9-7-11-17(12-16)15(21)18(10-6-2)13(3)4/h13H,5-12H2,1-4H3,(H,19,20). The van der Waals surface area contributed by atoms with Crippen molar-refractivity contribution in [3.05, 3.63) is 0 Å². The van der Waals surface area contributed by atoms with E-state index in [1.165, 1.54) is 0 Å². The minimum Gasteiger partial charge on any atom is -0.481 e. The van der Waals surface area contributed by atoms with E-state index in [2.05, 4.69) is 6.92 Å². The smallest absolute Gasteiger partial charge is 0.320 e. The van der Waals surface area contributed by atoms with Gasteiger partial charge >= 0.3 is 12.0 Å². The summed E-state index contributed by atoms with van der Waals surface area (Å²) in [7, 11) is 0. The maximum atomic E-state index is 12.7. The Morgan fingerprint density at radius 1 is 1.29 bits per heavy atom. The van der Waals surface area contributed by atoms with E-state index in [-0.39, 0.29) is 12.1 Å². The molecule has 0 aromatic heterocycles. The quantitative estimate of drug-likeness (QED) is 0.819. The van der Waals surface area contributed by atoms with Gasteiger partial charge in [-0.05, 0) is 39.5 Å². The first kappa shape index (κ1) is 17.8. The Balaban J connectivity index is 2.87. The van der Waals surface area contributed by atoms with Crippen molar-refractivity contribution in [1.82, 2.24) is 9.80 Å². The summed E-state index contributed by atoms with van der Waals surface area (Å²) in [6.07, 6.45) is 3.83. The molecule has 0 radical (unpaired) electrons. The first-order valence-corrected chi connectivity index (χ1v) is 8.17. The fraction of sp³-hybridized carbons (Fsp3) is 0.875. The normalized spacial score (nSPS) is 22.4. The summed E-state index contributed by atoms with van der Waals surface area (Å²) in [6.45, 7) is 9.82. The first-order chi connectivity index (χ1) is 9.88. The summed E-state index contributed by atoms with van der Waals surface area (Å²) in [5, 5.41) is 9.62. The summed E-state index contributed by atoms with van der Waals surface area (Å²) >= 11 is 0. The topological polar surface area (TPSA) is 60.9 Å². The molecule has 0 saturated carbocycles. The lowest BCUT2D eigenvalue weighted by atomic mass is 9.76. The summed E-state index contributed by atoms with van der Waals surface area (Å²) in [5.74, 6) is -0.756. The van der Waals surface area contributed by atoms with Gasteiger partial charge in [0.2, 0.25) is 0 Å². The number of amides is 2. The van der Waals surface area contributed by atoms with Gasteiger partial charge in [-0.2, -0.15) is 0 Å². The van der Waals surface area contributed by atoms with E-state index < -0.39 is 11.4 Å². The molecule has 0 spiro atoms. The number of carbonyl (C=O) groups is 2. The molecule has 0 aromatic carbocycles. The van der Waals surface area contributed by atoms with Crippen molar-refractivity contribution >= 4 is 12.0 Å². The second-order valence-corrected chi connectivity index (χ2v) is 6.43. The molecule has 1 rings (SSSR count). The van der Waals surface area contributed by atoms with Gasteiger partial charge in [-0.15, -0.1) is 0 Å². The summed E-state index contributed by atoms with van der Waals surface area (Å²) in [6, 6.07) is 0.137. The average Bonchev–Trinajstić information content (AvgIpc) is 2.44. The number of rotatable bonds is 6. The minimum atomic E-state index is -0.756. The number of carboxylic acids is 1. The highest BCUT2D eigenvalue weighted by atomic mass is 16.4. The predicted molar refractivity (Wildman–Crippen MR) is 83.3 cm³/mol. The van der Waals surface area contributed by atoms with Crippen LogP contribution in [-0.2, 0) is 4.79 Å². The zero-order chi connectivity index (χ0) is 16.0. The number of hydrogen-bond acceptors (Lipinski definition) is 2. The Morgan fingerprint density at radius 2 is 1.95 bits per heavy atom. The van der Waals surface area contributed by atoms with Gasteiger partial charge in [-0.1, -0.05) is 20.3 Å². The van der Waals surface area contributed by atoms with E-state index in [1.54, 1.807) is 4.90 Å². The van der Waals surface area contributed by atoms with Gasteiger partial charge in [0, 0.05) is 25.7 Å². The molecule has 1 aliphatic heterocycles. The van der Waals surface area contributed by atoms with Gasteiger partial charge < -0.3 is 14.9 Å². The van der Waals surface area contributed by atoms with E-state index in [1.807, 2.05) is 25.7 Å². The maximum absolute atomic E-state index is 12.7. The number of carbonyl (C=O) groups excluding carboxylic acids is 1. The van der Waals surface area contributed by atoms with Gasteiger partial charge in [0.25, 0.3) is 0 Å². The van der Waals surface area contributed by atoms with E-state index in [9.17, 15) is 14.7 Å². The van der Waals surface area contributed by atoms with Crippen molar-refractivity contribution in [1.29, 1.82) is 0 Å². The lowest BCUT2D eigenvalue weighted by Gasteiger charge is -2.42. The monoisotopic (exact) mass is 298 g/mol. The van der Waals surface area contributed by atoms with E-state index in [4.69, 9.17) is 0 Å². The van der Waals surface area contributed by atoms with Crippen molar-refractivity contribution in [3.63, 3.8) is 0 Å². The van der Waals surface area contributed by atoms with Crippen LogP contribution in [0.2, 0.25) is 0 Å². The lowest BCUT2D eigenvalue weighted by Crippen LogP contribution is -2.54. The zero-order valence-corrected chi connectivity index (χ0v) is 13.9. The Hall–Kier alpha value is -1.26. The second-order valence-electron chi connectivity index (χ2n) is 6.43. The van der Waals surface area contributed by atoms with Gasteiger partial charge in [0.15, 0.2) is 0 Å². The molecule has 1 saturated heterocycles. The Kier molecular flexibility index (Phi) is 6.49. The zero-order valence-electron chi connectivity index (χ0n) is 13.9. The van der Waals surface area contributed by atoms with Crippen LogP contribution in [0.25, 0.3) is 0 Å². The molecule has 1 aliphatic rings. The van der Waals surface area contributed by atoms with Crippen molar-refractivity contribution in [2.45, 2.75) is 65.8 Å². The fourth-order valence-corrected chi connectivity index (χ4v) is 3.26. The van der Waals surface area contributed by atoms with Crippen molar-refractivity contribution in [2.75, 3.05) is 19.6 Å². The third-order valence-electron chi connectivity index (χ3n) is 4.36. The molecule has 1 atom stereocenters. The van der Waals surface area contributed by atoms with Gasteiger partial charge in [-0.3, -0.25) is 4.79 Å². The Labute approximate surface area is 128 Å². The maximum Gasteiger partial charge on any atom is 0.320 e. The molecule has 1 heterocycles. The molecule has 21 heavy (non-hydrogen) atoms. The van der Waals surface area contributed by atoms with Crippen LogP contribution in [0.1, 0.15) is 59.8 Å². The second kappa shape index (κ2) is 7.66. The van der Waals surface area contributed by atoms with Crippen molar-refractivity contribution in [3.8, 4) is 0 Å². The van der Waals surface area contributed by atoms with Crippen LogP contribution in [0.15, 0.2) is 0 Å². The van der Waals surface area contributed by atoms with Crippen LogP contribution >= 0.6 is 0 Å². The largest absolute Gasteiger partial charge is 0.481 e. The number of likely N-dealkylation sites (tertiary alicyclic amines) is 1. The van der Waals surface area contributed by atoms with Crippen LogP contribution < -0.4 is 0 Å².